The average Bonchev–Trinajstić information content (AvgIpc) is 3.07. The summed E-state index contributed by atoms with van der Waals surface area (Å²) < 4.78 is 11.2. The van der Waals surface area contributed by atoms with E-state index in [0.717, 1.165) is 37.1 Å². The Labute approximate surface area is 186 Å². The van der Waals surface area contributed by atoms with Crippen LogP contribution in [0.5, 0.6) is 5.75 Å². The monoisotopic (exact) mass is 424 g/mol. The molecule has 0 aromatic heterocycles. The highest BCUT2D eigenvalue weighted by Crippen LogP contribution is 2.36. The maximum atomic E-state index is 13.4. The molecule has 3 rings (SSSR count). The fraction of sp³-hybridized carbons (Fsp3) is 0.500. The zero-order valence-electron chi connectivity index (χ0n) is 19.7. The Bertz CT molecular complexity index is 873. The fourth-order valence-electron chi connectivity index (χ4n) is 4.32. The van der Waals surface area contributed by atoms with Crippen LogP contribution < -0.4 is 9.75 Å². The maximum Gasteiger partial charge on any atom is 0.429 e. The highest BCUT2D eigenvalue weighted by molar-refractivity contribution is 5.73. The van der Waals surface area contributed by atoms with Crippen LogP contribution in [-0.4, -0.2) is 35.9 Å². The molecule has 0 radical (unpaired) electrons. The highest BCUT2D eigenvalue weighted by Gasteiger charge is 2.44. The summed E-state index contributed by atoms with van der Waals surface area (Å²) in [6.07, 6.45) is 3.48. The smallest absolute Gasteiger partial charge is 0.429 e. The summed E-state index contributed by atoms with van der Waals surface area (Å²) in [7, 11) is 1.66. The number of aryl methyl sites for hydroxylation is 1. The van der Waals surface area contributed by atoms with Gasteiger partial charge in [-0.1, -0.05) is 37.6 Å². The second-order valence-corrected chi connectivity index (χ2v) is 9.33. The number of rotatable bonds is 6. The number of carbonyl (C=O) groups is 1. The Morgan fingerprint density at radius 1 is 1.06 bits per heavy atom. The van der Waals surface area contributed by atoms with Crippen LogP contribution in [-0.2, 0) is 11.2 Å². The van der Waals surface area contributed by atoms with Crippen molar-refractivity contribution in [3.8, 4) is 5.75 Å². The van der Waals surface area contributed by atoms with Crippen LogP contribution in [0.25, 0.3) is 0 Å². The van der Waals surface area contributed by atoms with Crippen LogP contribution in [0.15, 0.2) is 48.5 Å². The van der Waals surface area contributed by atoms with Crippen molar-refractivity contribution in [2.24, 2.45) is 0 Å². The average molecular weight is 425 g/mol. The topological polar surface area (TPSA) is 42.0 Å². The number of anilines is 1. The van der Waals surface area contributed by atoms with Gasteiger partial charge in [0.2, 0.25) is 0 Å². The molecule has 2 aromatic carbocycles. The predicted molar refractivity (Wildman–Crippen MR) is 126 cm³/mol. The van der Waals surface area contributed by atoms with E-state index in [2.05, 4.69) is 43.1 Å². The largest absolute Gasteiger partial charge is 0.497 e. The SMILES string of the molecule is CCC[C@@H]1C[C@@H](Cc2ccccc2C)N(C(=O)OC(C)(C)C)N1c1ccc(OC)cc1. The standard InChI is InChI=1S/C26H36N2O3/c1-7-10-22-18-23(17-20-12-9-8-11-19(20)2)28(25(29)31-26(3,4)5)27(22)21-13-15-24(30-6)16-14-21/h8-9,11-16,22-23H,7,10,17-18H2,1-6H3/t22-,23-/m1/s1. The summed E-state index contributed by atoms with van der Waals surface area (Å²) in [6.45, 7) is 10.1. The minimum absolute atomic E-state index is 0.0367. The molecule has 0 spiro atoms. The van der Waals surface area contributed by atoms with E-state index in [4.69, 9.17) is 9.47 Å². The van der Waals surface area contributed by atoms with E-state index in [1.54, 1.807) is 7.11 Å². The molecule has 5 heteroatoms. The first-order valence-corrected chi connectivity index (χ1v) is 11.2. The molecule has 5 nitrogen and oxygen atoms in total. The van der Waals surface area contributed by atoms with Crippen molar-refractivity contribution >= 4 is 11.8 Å². The maximum absolute atomic E-state index is 13.4. The third-order valence-electron chi connectivity index (χ3n) is 5.72. The quantitative estimate of drug-likeness (QED) is 0.558. The number of hydrogen-bond acceptors (Lipinski definition) is 4. The van der Waals surface area contributed by atoms with E-state index in [0.29, 0.717) is 0 Å². The van der Waals surface area contributed by atoms with Crippen molar-refractivity contribution in [3.05, 3.63) is 59.7 Å². The number of carbonyl (C=O) groups excluding carboxylic acids is 1. The van der Waals surface area contributed by atoms with E-state index < -0.39 is 5.60 Å². The van der Waals surface area contributed by atoms with Gasteiger partial charge in [0.1, 0.15) is 11.4 Å². The minimum Gasteiger partial charge on any atom is -0.497 e. The molecule has 1 aliphatic heterocycles. The summed E-state index contributed by atoms with van der Waals surface area (Å²) >= 11 is 0. The summed E-state index contributed by atoms with van der Waals surface area (Å²) in [4.78, 5) is 13.4. The van der Waals surface area contributed by atoms with E-state index in [1.807, 2.05) is 50.0 Å². The second-order valence-electron chi connectivity index (χ2n) is 9.33. The van der Waals surface area contributed by atoms with Crippen LogP contribution in [0.1, 0.15) is 58.1 Å². The third-order valence-corrected chi connectivity index (χ3v) is 5.72. The van der Waals surface area contributed by atoms with Gasteiger partial charge in [0.05, 0.1) is 24.9 Å². The number of benzene rings is 2. The molecule has 1 saturated heterocycles. The van der Waals surface area contributed by atoms with Gasteiger partial charge >= 0.3 is 6.09 Å². The van der Waals surface area contributed by atoms with Crippen LogP contribution in [0.4, 0.5) is 10.5 Å². The van der Waals surface area contributed by atoms with E-state index in [1.165, 1.54) is 11.1 Å². The van der Waals surface area contributed by atoms with Gasteiger partial charge in [0.25, 0.3) is 0 Å². The van der Waals surface area contributed by atoms with Gasteiger partial charge in [-0.15, -0.1) is 0 Å². The summed E-state index contributed by atoms with van der Waals surface area (Å²) in [5.74, 6) is 0.801. The van der Waals surface area contributed by atoms with Gasteiger partial charge in [0.15, 0.2) is 0 Å². The molecule has 0 saturated carbocycles. The van der Waals surface area contributed by atoms with Crippen LogP contribution >= 0.6 is 0 Å². The molecule has 168 valence electrons. The Morgan fingerprint density at radius 3 is 2.32 bits per heavy atom. The normalized spacial score (nSPS) is 18.9. The molecule has 1 heterocycles. The number of amides is 1. The number of ether oxygens (including phenoxy) is 2. The molecule has 31 heavy (non-hydrogen) atoms. The lowest BCUT2D eigenvalue weighted by Crippen LogP contribution is -2.50. The molecule has 1 fully saturated rings. The lowest BCUT2D eigenvalue weighted by atomic mass is 9.96. The van der Waals surface area contributed by atoms with Gasteiger partial charge in [-0.25, -0.2) is 9.80 Å². The van der Waals surface area contributed by atoms with Crippen molar-refractivity contribution in [2.75, 3.05) is 12.1 Å². The van der Waals surface area contributed by atoms with Crippen molar-refractivity contribution in [1.29, 1.82) is 0 Å². The van der Waals surface area contributed by atoms with Gasteiger partial charge in [0, 0.05) is 0 Å². The summed E-state index contributed by atoms with van der Waals surface area (Å²) in [5.41, 5.74) is 2.95. The van der Waals surface area contributed by atoms with Crippen molar-refractivity contribution in [3.63, 3.8) is 0 Å². The molecule has 0 N–H and O–H groups in total. The van der Waals surface area contributed by atoms with Crippen molar-refractivity contribution in [2.45, 2.75) is 78.0 Å². The van der Waals surface area contributed by atoms with Gasteiger partial charge in [-0.2, -0.15) is 0 Å². The van der Waals surface area contributed by atoms with Gasteiger partial charge in [-0.3, -0.25) is 5.01 Å². The number of nitrogens with zero attached hydrogens (tertiary/aromatic N) is 2. The summed E-state index contributed by atoms with van der Waals surface area (Å²) in [5, 5.41) is 4.01. The lowest BCUT2D eigenvalue weighted by Gasteiger charge is -2.37. The van der Waals surface area contributed by atoms with Crippen LogP contribution in [0, 0.1) is 6.92 Å². The summed E-state index contributed by atoms with van der Waals surface area (Å²) in [6, 6.07) is 16.6. The molecule has 0 aliphatic carbocycles. The number of hydrazine groups is 1. The Hall–Kier alpha value is -2.69. The zero-order valence-corrected chi connectivity index (χ0v) is 19.7. The Kier molecular flexibility index (Phi) is 7.14. The number of methoxy groups -OCH3 is 1. The predicted octanol–water partition coefficient (Wildman–Crippen LogP) is 6.15. The molecule has 2 aromatic rings. The first-order valence-electron chi connectivity index (χ1n) is 11.2. The third kappa shape index (κ3) is 5.52. The first kappa shape index (κ1) is 23.0. The number of hydrogen-bond donors (Lipinski definition) is 0. The molecule has 2 atom stereocenters. The fourth-order valence-corrected chi connectivity index (χ4v) is 4.32. The lowest BCUT2D eigenvalue weighted by molar-refractivity contribution is 0.0195. The Balaban J connectivity index is 2.00. The molecule has 0 bridgehead atoms. The van der Waals surface area contributed by atoms with Crippen molar-refractivity contribution in [1.82, 2.24) is 5.01 Å². The van der Waals surface area contributed by atoms with Crippen LogP contribution in [0.3, 0.4) is 0 Å². The van der Waals surface area contributed by atoms with E-state index >= 15 is 0 Å². The molecule has 0 unspecified atom stereocenters. The minimum atomic E-state index is -0.557. The first-order chi connectivity index (χ1) is 14.7. The second kappa shape index (κ2) is 9.63. The van der Waals surface area contributed by atoms with E-state index in [-0.39, 0.29) is 18.2 Å². The van der Waals surface area contributed by atoms with Gasteiger partial charge in [-0.05, 0) is 82.3 Å². The molecule has 1 aliphatic rings. The van der Waals surface area contributed by atoms with E-state index in [9.17, 15) is 4.79 Å². The highest BCUT2D eigenvalue weighted by atomic mass is 16.6. The van der Waals surface area contributed by atoms with Crippen LogP contribution in [0.2, 0.25) is 0 Å². The van der Waals surface area contributed by atoms with Gasteiger partial charge < -0.3 is 9.47 Å². The molecular formula is C26H36N2O3. The zero-order chi connectivity index (χ0) is 22.6. The van der Waals surface area contributed by atoms with Crippen molar-refractivity contribution < 1.29 is 14.3 Å². The molecular weight excluding hydrogens is 388 g/mol. The molecule has 1 amide bonds. The Morgan fingerprint density at radius 2 is 1.74 bits per heavy atom.